The summed E-state index contributed by atoms with van der Waals surface area (Å²) >= 11 is 5.42. The van der Waals surface area contributed by atoms with Gasteiger partial charge in [0.2, 0.25) is 0 Å². The number of nitrogens with one attached hydrogen (secondary N) is 3. The fraction of sp³-hybridized carbons (Fsp3) is 0.556. The maximum Gasteiger partial charge on any atom is 0.407 e. The van der Waals surface area contributed by atoms with Gasteiger partial charge >= 0.3 is 6.09 Å². The Morgan fingerprint density at radius 2 is 1.82 bits per heavy atom. The average molecular weight is 411 g/mol. The molecule has 1 amide bonds. The molecule has 1 aromatic carbocycles. The van der Waals surface area contributed by atoms with Gasteiger partial charge in [0.15, 0.2) is 11.2 Å². The van der Waals surface area contributed by atoms with E-state index in [1.165, 1.54) is 0 Å². The summed E-state index contributed by atoms with van der Waals surface area (Å²) in [5, 5.41) is 9.34. The molecule has 2 aliphatic heterocycles. The van der Waals surface area contributed by atoms with E-state index >= 15 is 0 Å². The van der Waals surface area contributed by atoms with Crippen molar-refractivity contribution in [2.75, 3.05) is 39.3 Å². The summed E-state index contributed by atoms with van der Waals surface area (Å²) in [4.78, 5) is 11.6. The molecule has 0 saturated carbocycles. The molecular weight excluding hydrogens is 386 g/mol. The number of fused-ring (bicyclic) bond motifs is 1. The first kappa shape index (κ1) is 20.4. The van der Waals surface area contributed by atoms with Gasteiger partial charge in [-0.15, -0.1) is 0 Å². The van der Waals surface area contributed by atoms with Crippen LogP contribution in [0.25, 0.3) is 0 Å². The van der Waals surface area contributed by atoms with E-state index in [1.54, 1.807) is 20.3 Å². The van der Waals surface area contributed by atoms with Crippen molar-refractivity contribution in [2.24, 2.45) is 0 Å². The predicted molar refractivity (Wildman–Crippen MR) is 106 cm³/mol. The van der Waals surface area contributed by atoms with Crippen LogP contribution in [0.3, 0.4) is 0 Å². The molecule has 2 saturated heterocycles. The smallest absolute Gasteiger partial charge is 0.407 e. The lowest BCUT2D eigenvalue weighted by Gasteiger charge is -2.20. The average Bonchev–Trinajstić information content (AvgIpc) is 3.25. The van der Waals surface area contributed by atoms with Crippen molar-refractivity contribution in [1.29, 1.82) is 0 Å². The van der Waals surface area contributed by atoms with Gasteiger partial charge in [-0.3, -0.25) is 0 Å². The summed E-state index contributed by atoms with van der Waals surface area (Å²) in [5.74, 6) is 1.30. The molecule has 0 spiro atoms. The van der Waals surface area contributed by atoms with Crippen LogP contribution >= 0.6 is 12.2 Å². The van der Waals surface area contributed by atoms with Crippen LogP contribution < -0.4 is 25.4 Å². The van der Waals surface area contributed by atoms with Crippen LogP contribution in [0.15, 0.2) is 18.2 Å². The number of ether oxygens (including phenoxy) is 5. The highest BCUT2D eigenvalue weighted by atomic mass is 32.1. The standard InChI is InChI=1S/C18H25N3O6S/c1-4-19-18(22)27-14-9-26-15-13(8-25-16(14)15)21-17(28)20-10-5-11(23-2)7-12(6-10)24-3/h5-7,13-16H,4,8-9H2,1-3H3,(H,19,22)(H2,20,21,28)/t13-,14+,15+,16+/m0/s1. The highest BCUT2D eigenvalue weighted by molar-refractivity contribution is 7.80. The number of rotatable bonds is 6. The highest BCUT2D eigenvalue weighted by Gasteiger charge is 2.49. The number of hydrogen-bond donors (Lipinski definition) is 3. The molecule has 2 aliphatic rings. The van der Waals surface area contributed by atoms with E-state index in [9.17, 15) is 4.79 Å². The van der Waals surface area contributed by atoms with Crippen LogP contribution in [0.1, 0.15) is 6.92 Å². The third kappa shape index (κ3) is 4.75. The van der Waals surface area contributed by atoms with E-state index in [-0.39, 0.29) is 24.9 Å². The van der Waals surface area contributed by atoms with E-state index in [0.717, 1.165) is 5.69 Å². The van der Waals surface area contributed by atoms with E-state index in [0.29, 0.717) is 29.8 Å². The fourth-order valence-corrected chi connectivity index (χ4v) is 3.50. The number of thiocarbonyl (C=S) groups is 1. The number of alkyl carbamates (subject to hydrolysis) is 1. The summed E-state index contributed by atoms with van der Waals surface area (Å²) in [6, 6.07) is 5.25. The van der Waals surface area contributed by atoms with Gasteiger partial charge in [-0.05, 0) is 19.1 Å². The van der Waals surface area contributed by atoms with Crippen molar-refractivity contribution in [2.45, 2.75) is 31.3 Å². The maximum atomic E-state index is 11.6. The maximum absolute atomic E-state index is 11.6. The molecule has 0 aromatic heterocycles. The zero-order valence-electron chi connectivity index (χ0n) is 16.0. The summed E-state index contributed by atoms with van der Waals surface area (Å²) in [5.41, 5.74) is 0.731. The molecule has 0 aliphatic carbocycles. The molecule has 10 heteroatoms. The van der Waals surface area contributed by atoms with Gasteiger partial charge in [0.25, 0.3) is 0 Å². The van der Waals surface area contributed by atoms with Crippen LogP contribution in [0.5, 0.6) is 11.5 Å². The minimum Gasteiger partial charge on any atom is -0.497 e. The van der Waals surface area contributed by atoms with E-state index in [2.05, 4.69) is 16.0 Å². The molecule has 0 bridgehead atoms. The fourth-order valence-electron chi connectivity index (χ4n) is 3.23. The van der Waals surface area contributed by atoms with Gasteiger partial charge in [0, 0.05) is 30.4 Å². The Morgan fingerprint density at radius 3 is 2.46 bits per heavy atom. The topological polar surface area (TPSA) is 99.3 Å². The summed E-state index contributed by atoms with van der Waals surface area (Å²) in [7, 11) is 3.17. The molecule has 2 heterocycles. The minimum absolute atomic E-state index is 0.152. The third-order valence-electron chi connectivity index (χ3n) is 4.51. The van der Waals surface area contributed by atoms with Crippen LogP contribution in [0.2, 0.25) is 0 Å². The molecular formula is C18H25N3O6S. The summed E-state index contributed by atoms with van der Waals surface area (Å²) in [6.07, 6.45) is -1.48. The molecule has 28 heavy (non-hydrogen) atoms. The third-order valence-corrected chi connectivity index (χ3v) is 4.73. The lowest BCUT2D eigenvalue weighted by Crippen LogP contribution is -2.46. The Hall–Kier alpha value is -2.30. The predicted octanol–water partition coefficient (Wildman–Crippen LogP) is 1.27. The Balaban J connectivity index is 1.55. The van der Waals surface area contributed by atoms with Crippen molar-refractivity contribution in [3.8, 4) is 11.5 Å². The Labute approximate surface area is 169 Å². The first-order valence-corrected chi connectivity index (χ1v) is 9.43. The second kappa shape index (κ2) is 9.26. The van der Waals surface area contributed by atoms with Gasteiger partial charge in [0.05, 0.1) is 33.5 Å². The molecule has 9 nitrogen and oxygen atoms in total. The lowest BCUT2D eigenvalue weighted by atomic mass is 10.1. The Morgan fingerprint density at radius 1 is 1.14 bits per heavy atom. The normalized spacial score (nSPS) is 25.5. The second-order valence-electron chi connectivity index (χ2n) is 6.38. The van der Waals surface area contributed by atoms with Crippen molar-refractivity contribution < 1.29 is 28.5 Å². The van der Waals surface area contributed by atoms with E-state index in [4.69, 9.17) is 35.9 Å². The van der Waals surface area contributed by atoms with Crippen LogP contribution in [-0.2, 0) is 14.2 Å². The monoisotopic (exact) mass is 411 g/mol. The van der Waals surface area contributed by atoms with Gasteiger partial charge in [-0.1, -0.05) is 0 Å². The van der Waals surface area contributed by atoms with Crippen LogP contribution in [-0.4, -0.2) is 69.5 Å². The Kier molecular flexibility index (Phi) is 6.76. The first-order valence-electron chi connectivity index (χ1n) is 9.02. The second-order valence-corrected chi connectivity index (χ2v) is 6.78. The summed E-state index contributed by atoms with van der Waals surface area (Å²) in [6.45, 7) is 3.01. The quantitative estimate of drug-likeness (QED) is 0.598. The van der Waals surface area contributed by atoms with Crippen LogP contribution in [0.4, 0.5) is 10.5 Å². The molecule has 1 aromatic rings. The molecule has 0 radical (unpaired) electrons. The zero-order valence-corrected chi connectivity index (χ0v) is 16.8. The number of anilines is 1. The minimum atomic E-state index is -0.471. The number of carbonyl (C=O) groups excluding carboxylic acids is 1. The number of methoxy groups -OCH3 is 2. The number of benzene rings is 1. The lowest BCUT2D eigenvalue weighted by molar-refractivity contribution is 0.00425. The number of hydrogen-bond acceptors (Lipinski definition) is 7. The van der Waals surface area contributed by atoms with E-state index < -0.39 is 12.2 Å². The zero-order chi connectivity index (χ0) is 20.1. The molecule has 154 valence electrons. The summed E-state index contributed by atoms with van der Waals surface area (Å²) < 4.78 is 27.5. The molecule has 3 N–H and O–H groups in total. The number of amides is 1. The van der Waals surface area contributed by atoms with Crippen molar-refractivity contribution in [1.82, 2.24) is 10.6 Å². The van der Waals surface area contributed by atoms with Gasteiger partial charge in [0.1, 0.15) is 23.7 Å². The van der Waals surface area contributed by atoms with Crippen molar-refractivity contribution >= 4 is 29.1 Å². The van der Waals surface area contributed by atoms with Gasteiger partial charge in [-0.25, -0.2) is 4.79 Å². The van der Waals surface area contributed by atoms with E-state index in [1.807, 2.05) is 19.1 Å². The van der Waals surface area contributed by atoms with Gasteiger partial charge < -0.3 is 39.6 Å². The molecule has 2 fully saturated rings. The molecule has 3 rings (SSSR count). The Bertz CT molecular complexity index is 696. The van der Waals surface area contributed by atoms with Crippen molar-refractivity contribution in [3.05, 3.63) is 18.2 Å². The molecule has 4 atom stereocenters. The SMILES string of the molecule is CCNC(=O)O[C@@H]1CO[C@H]2[C@@H]1OC[C@@H]2NC(=S)Nc1cc(OC)cc(OC)c1. The largest absolute Gasteiger partial charge is 0.497 e. The molecule has 0 unspecified atom stereocenters. The number of carbonyl (C=O) groups is 1. The van der Waals surface area contributed by atoms with Gasteiger partial charge in [-0.2, -0.15) is 0 Å². The highest BCUT2D eigenvalue weighted by Crippen LogP contribution is 2.29. The van der Waals surface area contributed by atoms with Crippen LogP contribution in [0, 0.1) is 0 Å². The van der Waals surface area contributed by atoms with Crippen molar-refractivity contribution in [3.63, 3.8) is 0 Å². The first-order chi connectivity index (χ1) is 13.5.